The summed E-state index contributed by atoms with van der Waals surface area (Å²) < 4.78 is 11.3. The number of furan rings is 1. The van der Waals surface area contributed by atoms with E-state index in [9.17, 15) is 4.79 Å². The van der Waals surface area contributed by atoms with E-state index in [1.807, 2.05) is 64.1 Å². The van der Waals surface area contributed by atoms with Gasteiger partial charge in [-0.3, -0.25) is 0 Å². The Morgan fingerprint density at radius 1 is 0.909 bits per heavy atom. The molecule has 0 amide bonds. The summed E-state index contributed by atoms with van der Waals surface area (Å²) in [6.45, 7) is 7.76. The van der Waals surface area contributed by atoms with Gasteiger partial charge in [0.15, 0.2) is 0 Å². The smallest absolute Gasteiger partial charge is 0.379 e. The molecule has 0 saturated carbocycles. The maximum absolute atomic E-state index is 12.5. The molecule has 1 heterocycles. The number of carbonyl (C=O) groups excluding carboxylic acids is 1. The summed E-state index contributed by atoms with van der Waals surface area (Å²) >= 11 is 0. The lowest BCUT2D eigenvalue weighted by Gasteiger charge is -2.11. The first-order valence-corrected chi connectivity index (χ1v) is 7.26. The molecule has 0 radical (unpaired) electrons. The Bertz CT molecular complexity index is 872. The monoisotopic (exact) mass is 294 g/mol. The third-order valence-corrected chi connectivity index (χ3v) is 4.10. The first kappa shape index (κ1) is 14.4. The molecule has 0 N–H and O–H groups in total. The molecule has 3 aromatic rings. The summed E-state index contributed by atoms with van der Waals surface area (Å²) in [6.07, 6.45) is 0. The van der Waals surface area contributed by atoms with E-state index in [1.54, 1.807) is 0 Å². The quantitative estimate of drug-likeness (QED) is 0.499. The van der Waals surface area contributed by atoms with Crippen molar-refractivity contribution in [3.05, 3.63) is 64.4 Å². The largest absolute Gasteiger partial charge is 0.449 e. The second-order valence-electron chi connectivity index (χ2n) is 5.60. The summed E-state index contributed by atoms with van der Waals surface area (Å²) in [5, 5.41) is 0.937. The van der Waals surface area contributed by atoms with Crippen molar-refractivity contribution in [3.63, 3.8) is 0 Å². The molecule has 3 heteroatoms. The highest BCUT2D eigenvalue weighted by Gasteiger charge is 2.21. The van der Waals surface area contributed by atoms with Gasteiger partial charge < -0.3 is 9.15 Å². The van der Waals surface area contributed by atoms with Gasteiger partial charge in [0.25, 0.3) is 0 Å². The fourth-order valence-corrected chi connectivity index (χ4v) is 2.59. The zero-order valence-corrected chi connectivity index (χ0v) is 13.2. The van der Waals surface area contributed by atoms with Crippen molar-refractivity contribution in [1.82, 2.24) is 0 Å². The van der Waals surface area contributed by atoms with Gasteiger partial charge in [-0.05, 0) is 50.5 Å². The third kappa shape index (κ3) is 2.29. The molecule has 2 aromatic carbocycles. The molecule has 112 valence electrons. The summed E-state index contributed by atoms with van der Waals surface area (Å²) in [5.74, 6) is 0.428. The molecule has 0 aliphatic heterocycles. The van der Waals surface area contributed by atoms with Crippen LogP contribution in [0.5, 0.6) is 5.75 Å². The van der Waals surface area contributed by atoms with E-state index in [0.717, 1.165) is 27.6 Å². The van der Waals surface area contributed by atoms with Crippen LogP contribution < -0.4 is 4.74 Å². The maximum atomic E-state index is 12.5. The second-order valence-corrected chi connectivity index (χ2v) is 5.60. The van der Waals surface area contributed by atoms with Crippen molar-refractivity contribution < 1.29 is 13.9 Å². The third-order valence-electron chi connectivity index (χ3n) is 4.10. The van der Waals surface area contributed by atoms with Gasteiger partial charge in [0.2, 0.25) is 5.76 Å². The predicted molar refractivity (Wildman–Crippen MR) is 86.6 cm³/mol. The van der Waals surface area contributed by atoms with Crippen LogP contribution in [0.4, 0.5) is 0 Å². The van der Waals surface area contributed by atoms with E-state index in [0.29, 0.717) is 11.3 Å². The van der Waals surface area contributed by atoms with Gasteiger partial charge in [-0.1, -0.05) is 30.3 Å². The number of ether oxygens (including phenoxy) is 1. The minimum absolute atomic E-state index is 0.265. The van der Waals surface area contributed by atoms with Crippen molar-refractivity contribution in [3.8, 4) is 5.75 Å². The van der Waals surface area contributed by atoms with Crippen molar-refractivity contribution in [2.24, 2.45) is 0 Å². The number of rotatable bonds is 2. The van der Waals surface area contributed by atoms with Crippen LogP contribution in [-0.4, -0.2) is 5.97 Å². The van der Waals surface area contributed by atoms with Gasteiger partial charge >= 0.3 is 5.97 Å². The van der Waals surface area contributed by atoms with Crippen LogP contribution in [0.15, 0.2) is 40.8 Å². The van der Waals surface area contributed by atoms with Gasteiger partial charge in [0, 0.05) is 10.9 Å². The van der Waals surface area contributed by atoms with E-state index in [-0.39, 0.29) is 5.76 Å². The standard InChI is InChI=1S/C19H18O3/c1-11-9-10-12(2)17(13(11)3)22-19(20)18-14(4)15-7-5-6-8-16(15)21-18/h5-10H,1-4H3. The molecule has 3 nitrogen and oxygen atoms in total. The number of esters is 1. The van der Waals surface area contributed by atoms with Crippen LogP contribution >= 0.6 is 0 Å². The Morgan fingerprint density at radius 3 is 2.32 bits per heavy atom. The van der Waals surface area contributed by atoms with E-state index < -0.39 is 5.97 Å². The van der Waals surface area contributed by atoms with Gasteiger partial charge in [-0.15, -0.1) is 0 Å². The maximum Gasteiger partial charge on any atom is 0.379 e. The summed E-state index contributed by atoms with van der Waals surface area (Å²) in [5.41, 5.74) is 4.51. The lowest BCUT2D eigenvalue weighted by atomic mass is 10.1. The molecule has 0 bridgehead atoms. The summed E-state index contributed by atoms with van der Waals surface area (Å²) in [4.78, 5) is 12.5. The summed E-state index contributed by atoms with van der Waals surface area (Å²) in [7, 11) is 0. The molecular weight excluding hydrogens is 276 g/mol. The molecule has 0 aliphatic carbocycles. The van der Waals surface area contributed by atoms with Crippen LogP contribution in [0.25, 0.3) is 11.0 Å². The zero-order valence-electron chi connectivity index (χ0n) is 13.2. The Labute approximate surface area is 129 Å². The van der Waals surface area contributed by atoms with Crippen molar-refractivity contribution in [2.45, 2.75) is 27.7 Å². The highest BCUT2D eigenvalue weighted by Crippen LogP contribution is 2.29. The molecule has 0 fully saturated rings. The number of hydrogen-bond donors (Lipinski definition) is 0. The molecule has 3 rings (SSSR count). The number of hydrogen-bond acceptors (Lipinski definition) is 3. The lowest BCUT2D eigenvalue weighted by molar-refractivity contribution is 0.0700. The fraction of sp³-hybridized carbons (Fsp3) is 0.211. The van der Waals surface area contributed by atoms with E-state index >= 15 is 0 Å². The van der Waals surface area contributed by atoms with Gasteiger partial charge in [-0.2, -0.15) is 0 Å². The lowest BCUT2D eigenvalue weighted by Crippen LogP contribution is -2.11. The summed E-state index contributed by atoms with van der Waals surface area (Å²) in [6, 6.07) is 11.6. The molecule has 1 aromatic heterocycles. The number of fused-ring (bicyclic) bond motifs is 1. The van der Waals surface area contributed by atoms with Crippen LogP contribution in [0.3, 0.4) is 0 Å². The molecule has 0 aliphatic rings. The second kappa shape index (κ2) is 5.34. The van der Waals surface area contributed by atoms with Crippen molar-refractivity contribution >= 4 is 16.9 Å². The number of para-hydroxylation sites is 1. The highest BCUT2D eigenvalue weighted by atomic mass is 16.5. The minimum Gasteiger partial charge on any atom is -0.449 e. The van der Waals surface area contributed by atoms with E-state index in [4.69, 9.17) is 9.15 Å². The van der Waals surface area contributed by atoms with Crippen LogP contribution in [0.2, 0.25) is 0 Å². The average Bonchev–Trinajstić information content (AvgIpc) is 2.85. The number of carbonyl (C=O) groups is 1. The van der Waals surface area contributed by atoms with Gasteiger partial charge in [-0.25, -0.2) is 4.79 Å². The molecule has 22 heavy (non-hydrogen) atoms. The Morgan fingerprint density at radius 2 is 1.59 bits per heavy atom. The highest BCUT2D eigenvalue weighted by molar-refractivity contribution is 5.97. The topological polar surface area (TPSA) is 39.4 Å². The van der Waals surface area contributed by atoms with Crippen LogP contribution in [-0.2, 0) is 0 Å². The minimum atomic E-state index is -0.453. The molecule has 0 atom stereocenters. The van der Waals surface area contributed by atoms with Gasteiger partial charge in [0.05, 0.1) is 0 Å². The van der Waals surface area contributed by atoms with Gasteiger partial charge in [0.1, 0.15) is 11.3 Å². The molecule has 0 spiro atoms. The first-order chi connectivity index (χ1) is 10.5. The SMILES string of the molecule is Cc1ccc(C)c(OC(=O)c2oc3ccccc3c2C)c1C. The van der Waals surface area contributed by atoms with E-state index in [2.05, 4.69) is 0 Å². The number of benzene rings is 2. The Balaban J connectivity index is 2.01. The Kier molecular flexibility index (Phi) is 3.49. The first-order valence-electron chi connectivity index (χ1n) is 7.26. The molecule has 0 unspecified atom stereocenters. The predicted octanol–water partition coefficient (Wildman–Crippen LogP) is 4.89. The van der Waals surface area contributed by atoms with Crippen molar-refractivity contribution in [1.29, 1.82) is 0 Å². The van der Waals surface area contributed by atoms with E-state index in [1.165, 1.54) is 0 Å². The van der Waals surface area contributed by atoms with Crippen LogP contribution in [0, 0.1) is 27.7 Å². The van der Waals surface area contributed by atoms with Crippen molar-refractivity contribution in [2.75, 3.05) is 0 Å². The zero-order chi connectivity index (χ0) is 15.9. The number of aryl methyl sites for hydroxylation is 3. The fourth-order valence-electron chi connectivity index (χ4n) is 2.59. The Hall–Kier alpha value is -2.55. The normalized spacial score (nSPS) is 10.9. The van der Waals surface area contributed by atoms with Crippen LogP contribution in [0.1, 0.15) is 32.8 Å². The molecule has 0 saturated heterocycles. The molecular formula is C19H18O3. The average molecular weight is 294 g/mol.